The number of nitrogens with one attached hydrogen (secondary N) is 1. The van der Waals surface area contributed by atoms with Gasteiger partial charge in [0.2, 0.25) is 0 Å². The van der Waals surface area contributed by atoms with Gasteiger partial charge in [-0.1, -0.05) is 0 Å². The van der Waals surface area contributed by atoms with Gasteiger partial charge in [-0.2, -0.15) is 0 Å². The summed E-state index contributed by atoms with van der Waals surface area (Å²) in [6.45, 7) is 4.68. The number of hydrogen-bond acceptors (Lipinski definition) is 4. The molecule has 24 heavy (non-hydrogen) atoms. The highest BCUT2D eigenvalue weighted by atomic mass is 127. The lowest BCUT2D eigenvalue weighted by molar-refractivity contribution is 0.207. The van der Waals surface area contributed by atoms with Crippen LogP contribution in [-0.4, -0.2) is 44.7 Å². The second-order valence-electron chi connectivity index (χ2n) is 5.31. The Hall–Kier alpha value is -1.48. The Balaban J connectivity index is 0.00000288. The molecular formula is C17H26IN3O3. The topological polar surface area (TPSA) is 63.1 Å². The van der Waals surface area contributed by atoms with E-state index in [1.807, 2.05) is 32.2 Å². The van der Waals surface area contributed by atoms with Crippen LogP contribution in [-0.2, 0) is 17.7 Å². The Morgan fingerprint density at radius 2 is 2.12 bits per heavy atom. The fourth-order valence-corrected chi connectivity index (χ4v) is 2.21. The molecule has 0 spiro atoms. The Kier molecular flexibility index (Phi) is 9.55. The quantitative estimate of drug-likeness (QED) is 0.292. The van der Waals surface area contributed by atoms with E-state index in [-0.39, 0.29) is 24.0 Å². The van der Waals surface area contributed by atoms with E-state index in [0.29, 0.717) is 13.2 Å². The van der Waals surface area contributed by atoms with Crippen molar-refractivity contribution in [3.05, 3.63) is 47.8 Å². The summed E-state index contributed by atoms with van der Waals surface area (Å²) in [5.74, 6) is 2.74. The first-order valence-corrected chi connectivity index (χ1v) is 7.74. The van der Waals surface area contributed by atoms with Gasteiger partial charge in [0.15, 0.2) is 5.96 Å². The average molecular weight is 447 g/mol. The number of rotatable bonds is 8. The third-order valence-electron chi connectivity index (χ3n) is 3.53. The van der Waals surface area contributed by atoms with Crippen LogP contribution in [0, 0.1) is 6.92 Å². The SMILES string of the molecule is COCCN=C(NCCc1ccco1)N(C)Cc1ccoc1C.I. The predicted octanol–water partition coefficient (Wildman–Crippen LogP) is 3.07. The summed E-state index contributed by atoms with van der Waals surface area (Å²) in [7, 11) is 3.69. The van der Waals surface area contributed by atoms with Gasteiger partial charge in [0, 0.05) is 39.2 Å². The fourth-order valence-electron chi connectivity index (χ4n) is 2.21. The van der Waals surface area contributed by atoms with Crippen LogP contribution in [0.3, 0.4) is 0 Å². The number of ether oxygens (including phenoxy) is 1. The van der Waals surface area contributed by atoms with Gasteiger partial charge in [0.25, 0.3) is 0 Å². The van der Waals surface area contributed by atoms with Gasteiger partial charge in [-0.05, 0) is 25.1 Å². The zero-order valence-corrected chi connectivity index (χ0v) is 16.8. The first-order chi connectivity index (χ1) is 11.2. The highest BCUT2D eigenvalue weighted by Gasteiger charge is 2.10. The molecule has 0 bridgehead atoms. The van der Waals surface area contributed by atoms with Crippen molar-refractivity contribution in [1.29, 1.82) is 0 Å². The van der Waals surface area contributed by atoms with E-state index in [0.717, 1.165) is 42.6 Å². The van der Waals surface area contributed by atoms with Crippen LogP contribution in [0.25, 0.3) is 0 Å². The molecule has 0 unspecified atom stereocenters. The van der Waals surface area contributed by atoms with E-state index in [2.05, 4.69) is 15.2 Å². The zero-order chi connectivity index (χ0) is 16.5. The van der Waals surface area contributed by atoms with Crippen molar-refractivity contribution in [3.8, 4) is 0 Å². The number of halogens is 1. The van der Waals surface area contributed by atoms with E-state index in [4.69, 9.17) is 13.6 Å². The molecule has 1 N–H and O–H groups in total. The molecule has 0 aromatic carbocycles. The third kappa shape index (κ3) is 6.56. The summed E-state index contributed by atoms with van der Waals surface area (Å²) in [5, 5.41) is 3.38. The zero-order valence-electron chi connectivity index (χ0n) is 14.4. The molecule has 0 radical (unpaired) electrons. The first-order valence-electron chi connectivity index (χ1n) is 7.74. The van der Waals surface area contributed by atoms with Crippen molar-refractivity contribution in [2.45, 2.75) is 19.9 Å². The van der Waals surface area contributed by atoms with Crippen molar-refractivity contribution in [2.75, 3.05) is 33.9 Å². The van der Waals surface area contributed by atoms with Gasteiger partial charge in [-0.25, -0.2) is 0 Å². The van der Waals surface area contributed by atoms with Crippen molar-refractivity contribution in [1.82, 2.24) is 10.2 Å². The van der Waals surface area contributed by atoms with Crippen LogP contribution < -0.4 is 5.32 Å². The molecule has 134 valence electrons. The van der Waals surface area contributed by atoms with Gasteiger partial charge >= 0.3 is 0 Å². The molecular weight excluding hydrogens is 421 g/mol. The van der Waals surface area contributed by atoms with Gasteiger partial charge in [0.05, 0.1) is 25.7 Å². The number of hydrogen-bond donors (Lipinski definition) is 1. The summed E-state index contributed by atoms with van der Waals surface area (Å²) in [6.07, 6.45) is 4.22. The molecule has 2 heterocycles. The van der Waals surface area contributed by atoms with E-state index in [1.165, 1.54) is 0 Å². The number of methoxy groups -OCH3 is 1. The summed E-state index contributed by atoms with van der Waals surface area (Å²) < 4.78 is 15.8. The molecule has 0 amide bonds. The Bertz CT molecular complexity index is 596. The van der Waals surface area contributed by atoms with Crippen LogP contribution in [0.5, 0.6) is 0 Å². The second kappa shape index (κ2) is 11.1. The minimum Gasteiger partial charge on any atom is -0.469 e. The molecule has 0 aliphatic carbocycles. The van der Waals surface area contributed by atoms with Crippen molar-refractivity contribution < 1.29 is 13.6 Å². The van der Waals surface area contributed by atoms with Crippen LogP contribution in [0.1, 0.15) is 17.1 Å². The fraction of sp³-hybridized carbons (Fsp3) is 0.471. The van der Waals surface area contributed by atoms with Gasteiger partial charge < -0.3 is 23.8 Å². The van der Waals surface area contributed by atoms with Gasteiger partial charge in [-0.15, -0.1) is 24.0 Å². The molecule has 7 heteroatoms. The summed E-state index contributed by atoms with van der Waals surface area (Å²) >= 11 is 0. The minimum absolute atomic E-state index is 0. The highest BCUT2D eigenvalue weighted by molar-refractivity contribution is 14.0. The molecule has 6 nitrogen and oxygen atoms in total. The van der Waals surface area contributed by atoms with E-state index < -0.39 is 0 Å². The summed E-state index contributed by atoms with van der Waals surface area (Å²) in [4.78, 5) is 6.67. The van der Waals surface area contributed by atoms with Crippen LogP contribution in [0.2, 0.25) is 0 Å². The lowest BCUT2D eigenvalue weighted by atomic mass is 10.2. The maximum atomic E-state index is 5.35. The number of nitrogens with zero attached hydrogens (tertiary/aromatic N) is 2. The number of aryl methyl sites for hydroxylation is 1. The maximum Gasteiger partial charge on any atom is 0.194 e. The molecule has 2 rings (SSSR count). The van der Waals surface area contributed by atoms with Crippen molar-refractivity contribution in [2.24, 2.45) is 4.99 Å². The van der Waals surface area contributed by atoms with Crippen LogP contribution in [0.15, 0.2) is 44.6 Å². The lowest BCUT2D eigenvalue weighted by Crippen LogP contribution is -2.39. The molecule has 2 aromatic rings. The second-order valence-corrected chi connectivity index (χ2v) is 5.31. The summed E-state index contributed by atoms with van der Waals surface area (Å²) in [5.41, 5.74) is 1.15. The molecule has 0 fully saturated rings. The smallest absolute Gasteiger partial charge is 0.194 e. The summed E-state index contributed by atoms with van der Waals surface area (Å²) in [6, 6.07) is 5.86. The first kappa shape index (κ1) is 20.6. The largest absolute Gasteiger partial charge is 0.469 e. The van der Waals surface area contributed by atoms with E-state index in [1.54, 1.807) is 19.6 Å². The molecule has 2 aromatic heterocycles. The molecule has 0 aliphatic heterocycles. The van der Waals surface area contributed by atoms with Crippen molar-refractivity contribution >= 4 is 29.9 Å². The molecule has 0 aliphatic rings. The Morgan fingerprint density at radius 1 is 1.29 bits per heavy atom. The molecule has 0 saturated heterocycles. The average Bonchev–Trinajstić information content (AvgIpc) is 3.18. The standard InChI is InChI=1S/C17H25N3O3.HI/c1-14-15(7-11-22-14)13-20(2)17(19-9-12-21-3)18-8-6-16-5-4-10-23-16;/h4-5,7,10-11H,6,8-9,12-13H2,1-3H3,(H,18,19);1H. The third-order valence-corrected chi connectivity index (χ3v) is 3.53. The minimum atomic E-state index is 0. The monoisotopic (exact) mass is 447 g/mol. The van der Waals surface area contributed by atoms with Gasteiger partial charge in [-0.3, -0.25) is 4.99 Å². The van der Waals surface area contributed by atoms with Crippen LogP contribution >= 0.6 is 24.0 Å². The lowest BCUT2D eigenvalue weighted by Gasteiger charge is -2.22. The number of furan rings is 2. The van der Waals surface area contributed by atoms with Crippen molar-refractivity contribution in [3.63, 3.8) is 0 Å². The number of guanidine groups is 1. The predicted molar refractivity (Wildman–Crippen MR) is 105 cm³/mol. The normalized spacial score (nSPS) is 11.2. The van der Waals surface area contributed by atoms with Crippen LogP contribution in [0.4, 0.5) is 0 Å². The molecule has 0 saturated carbocycles. The van der Waals surface area contributed by atoms with E-state index in [9.17, 15) is 0 Å². The van der Waals surface area contributed by atoms with E-state index >= 15 is 0 Å². The maximum absolute atomic E-state index is 5.35. The Labute approximate surface area is 160 Å². The molecule has 0 atom stereocenters. The highest BCUT2D eigenvalue weighted by Crippen LogP contribution is 2.11. The number of aliphatic imine (C=N–C) groups is 1. The van der Waals surface area contributed by atoms with Gasteiger partial charge in [0.1, 0.15) is 11.5 Å². The Morgan fingerprint density at radius 3 is 2.75 bits per heavy atom.